The number of aromatic hydroxyl groups is 1. The minimum absolute atomic E-state index is 0.0746. The zero-order valence-electron chi connectivity index (χ0n) is 22.0. The summed E-state index contributed by atoms with van der Waals surface area (Å²) in [7, 11) is 0. The number of nitrogens with zero attached hydrogens (tertiary/aromatic N) is 2. The normalized spacial score (nSPS) is 15.2. The molecule has 0 saturated heterocycles. The maximum Gasteiger partial charge on any atom is 0.338 e. The Balaban J connectivity index is 1.83. The fraction of sp³-hybridized carbons (Fsp3) is 0.194. The first-order valence-electron chi connectivity index (χ1n) is 12.8. The third-order valence-corrected chi connectivity index (χ3v) is 8.13. The van der Waals surface area contributed by atoms with Gasteiger partial charge in [0, 0.05) is 16.1 Å². The van der Waals surface area contributed by atoms with Crippen molar-refractivity contribution in [3.8, 4) is 5.75 Å². The number of esters is 1. The second-order valence-corrected chi connectivity index (χ2v) is 11.4. The van der Waals surface area contributed by atoms with Crippen molar-refractivity contribution in [1.29, 1.82) is 0 Å². The number of ether oxygens (including phenoxy) is 1. The molecule has 0 spiro atoms. The van der Waals surface area contributed by atoms with Gasteiger partial charge in [-0.1, -0.05) is 103 Å². The van der Waals surface area contributed by atoms with Crippen molar-refractivity contribution in [3.05, 3.63) is 124 Å². The van der Waals surface area contributed by atoms with Crippen molar-refractivity contribution < 1.29 is 14.6 Å². The van der Waals surface area contributed by atoms with Crippen LogP contribution in [0.1, 0.15) is 55.0 Å². The molecule has 2 heterocycles. The average Bonchev–Trinajstić information content (AvgIpc) is 3.25. The van der Waals surface area contributed by atoms with Crippen molar-refractivity contribution >= 4 is 52.3 Å². The second-order valence-electron chi connectivity index (χ2n) is 9.58. The van der Waals surface area contributed by atoms with E-state index in [1.807, 2.05) is 54.6 Å². The molecular formula is C31H26Cl2N2O4S. The minimum atomic E-state index is -0.787. The van der Waals surface area contributed by atoms with E-state index in [4.69, 9.17) is 32.9 Å². The Morgan fingerprint density at radius 2 is 1.82 bits per heavy atom. The van der Waals surface area contributed by atoms with E-state index in [0.29, 0.717) is 31.5 Å². The standard InChI is InChI=1S/C31H26Cl2N2O4S/c1-4-39-30(38)25-26(19-8-6-5-7-9-19)34-31-35(27(25)20-12-10-18(11-13-20)17(2)3)29(37)24(40-31)15-21-14-22(32)16-23(33)28(21)36/h5-17,27,36H,4H2,1-3H3/b24-15-/t27-/m0/s1. The Bertz CT molecular complexity index is 1810. The van der Waals surface area contributed by atoms with Gasteiger partial charge < -0.3 is 9.84 Å². The van der Waals surface area contributed by atoms with Gasteiger partial charge in [-0.25, -0.2) is 9.79 Å². The lowest BCUT2D eigenvalue weighted by molar-refractivity contribution is -0.138. The van der Waals surface area contributed by atoms with Crippen LogP contribution in [-0.2, 0) is 9.53 Å². The van der Waals surface area contributed by atoms with E-state index in [9.17, 15) is 14.7 Å². The highest BCUT2D eigenvalue weighted by Crippen LogP contribution is 2.36. The van der Waals surface area contributed by atoms with Gasteiger partial charge in [-0.3, -0.25) is 9.36 Å². The molecule has 204 valence electrons. The van der Waals surface area contributed by atoms with Gasteiger partial charge in [0.15, 0.2) is 4.80 Å². The predicted octanol–water partition coefficient (Wildman–Crippen LogP) is 6.07. The van der Waals surface area contributed by atoms with Gasteiger partial charge in [0.05, 0.1) is 33.5 Å². The Morgan fingerprint density at radius 3 is 2.48 bits per heavy atom. The van der Waals surface area contributed by atoms with Crippen molar-refractivity contribution in [3.63, 3.8) is 0 Å². The molecule has 3 aromatic carbocycles. The van der Waals surface area contributed by atoms with E-state index >= 15 is 0 Å². The van der Waals surface area contributed by atoms with E-state index in [2.05, 4.69) is 13.8 Å². The lowest BCUT2D eigenvalue weighted by Crippen LogP contribution is -2.40. The molecule has 0 unspecified atom stereocenters. The Hall–Kier alpha value is -3.65. The van der Waals surface area contributed by atoms with Crippen molar-refractivity contribution in [2.45, 2.75) is 32.7 Å². The zero-order chi connectivity index (χ0) is 28.6. The molecule has 1 atom stereocenters. The van der Waals surface area contributed by atoms with E-state index in [0.717, 1.165) is 28.0 Å². The summed E-state index contributed by atoms with van der Waals surface area (Å²) in [6.07, 6.45) is 1.53. The number of hydrogen-bond acceptors (Lipinski definition) is 6. The summed E-state index contributed by atoms with van der Waals surface area (Å²) in [5, 5.41) is 10.9. The van der Waals surface area contributed by atoms with Crippen LogP contribution in [0.15, 0.2) is 82.1 Å². The summed E-state index contributed by atoms with van der Waals surface area (Å²) < 4.78 is 7.32. The Kier molecular flexibility index (Phi) is 7.99. The summed E-state index contributed by atoms with van der Waals surface area (Å²) in [4.78, 5) is 32.8. The first-order chi connectivity index (χ1) is 19.2. The van der Waals surface area contributed by atoms with Gasteiger partial charge >= 0.3 is 5.97 Å². The fourth-order valence-electron chi connectivity index (χ4n) is 4.66. The molecule has 0 saturated carbocycles. The molecule has 0 fully saturated rings. The van der Waals surface area contributed by atoms with Crippen molar-refractivity contribution in [1.82, 2.24) is 4.57 Å². The number of halogens is 2. The Morgan fingerprint density at radius 1 is 1.12 bits per heavy atom. The molecule has 40 heavy (non-hydrogen) atoms. The highest BCUT2D eigenvalue weighted by Gasteiger charge is 2.35. The van der Waals surface area contributed by atoms with Gasteiger partial charge in [-0.05, 0) is 42.2 Å². The van der Waals surface area contributed by atoms with Crippen LogP contribution in [0.2, 0.25) is 10.0 Å². The SMILES string of the molecule is CCOC(=O)C1=C(c2ccccc2)N=c2s/c(=C\c3cc(Cl)cc(Cl)c3O)c(=O)n2[C@H]1c1ccc(C(C)C)cc1. The summed E-state index contributed by atoms with van der Waals surface area (Å²) in [5.41, 5.74) is 3.26. The van der Waals surface area contributed by atoms with Crippen LogP contribution in [0.3, 0.4) is 0 Å². The molecular weight excluding hydrogens is 567 g/mol. The fourth-order valence-corrected chi connectivity index (χ4v) is 6.16. The van der Waals surface area contributed by atoms with E-state index in [1.54, 1.807) is 6.92 Å². The van der Waals surface area contributed by atoms with Crippen LogP contribution in [0.4, 0.5) is 0 Å². The van der Waals surface area contributed by atoms with Gasteiger partial charge in [0.25, 0.3) is 5.56 Å². The van der Waals surface area contributed by atoms with E-state index in [-0.39, 0.29) is 28.5 Å². The summed E-state index contributed by atoms with van der Waals surface area (Å²) in [5.74, 6) is -0.417. The number of phenols is 1. The molecule has 9 heteroatoms. The summed E-state index contributed by atoms with van der Waals surface area (Å²) in [6.45, 7) is 6.12. The van der Waals surface area contributed by atoms with Crippen LogP contribution in [-0.4, -0.2) is 22.2 Å². The van der Waals surface area contributed by atoms with E-state index in [1.165, 1.54) is 22.8 Å². The zero-order valence-corrected chi connectivity index (χ0v) is 24.3. The van der Waals surface area contributed by atoms with Gasteiger partial charge in [-0.15, -0.1) is 0 Å². The van der Waals surface area contributed by atoms with Gasteiger partial charge in [-0.2, -0.15) is 0 Å². The number of fused-ring (bicyclic) bond motifs is 1. The highest BCUT2D eigenvalue weighted by molar-refractivity contribution is 7.07. The number of phenolic OH excluding ortho intramolecular Hbond substituents is 1. The molecule has 0 aliphatic carbocycles. The lowest BCUT2D eigenvalue weighted by atomic mass is 9.91. The Labute approximate surface area is 245 Å². The first-order valence-corrected chi connectivity index (χ1v) is 14.3. The molecule has 1 aliphatic heterocycles. The number of carbonyl (C=O) groups excluding carboxylic acids is 1. The number of thiazole rings is 1. The van der Waals surface area contributed by atoms with Crippen LogP contribution >= 0.6 is 34.5 Å². The topological polar surface area (TPSA) is 80.9 Å². The molecule has 0 amide bonds. The lowest BCUT2D eigenvalue weighted by Gasteiger charge is -2.26. The monoisotopic (exact) mass is 592 g/mol. The van der Waals surface area contributed by atoms with Gasteiger partial charge in [0.2, 0.25) is 0 Å². The van der Waals surface area contributed by atoms with Crippen molar-refractivity contribution in [2.24, 2.45) is 4.99 Å². The molecule has 1 aromatic heterocycles. The number of aromatic nitrogens is 1. The van der Waals surface area contributed by atoms with Crippen molar-refractivity contribution in [2.75, 3.05) is 6.61 Å². The second kappa shape index (κ2) is 11.5. The number of hydrogen-bond donors (Lipinski definition) is 1. The molecule has 0 radical (unpaired) electrons. The minimum Gasteiger partial charge on any atom is -0.506 e. The molecule has 1 aliphatic rings. The van der Waals surface area contributed by atoms with Crippen LogP contribution in [0.5, 0.6) is 5.75 Å². The quantitative estimate of drug-likeness (QED) is 0.275. The van der Waals surface area contributed by atoms with Crippen LogP contribution in [0.25, 0.3) is 11.8 Å². The molecule has 6 nitrogen and oxygen atoms in total. The average molecular weight is 594 g/mol. The summed E-state index contributed by atoms with van der Waals surface area (Å²) >= 11 is 13.4. The number of benzene rings is 3. The molecule has 5 rings (SSSR count). The summed E-state index contributed by atoms with van der Waals surface area (Å²) in [6, 6.07) is 19.4. The largest absolute Gasteiger partial charge is 0.506 e. The maximum absolute atomic E-state index is 14.0. The third-order valence-electron chi connectivity index (χ3n) is 6.64. The highest BCUT2D eigenvalue weighted by atomic mass is 35.5. The molecule has 4 aromatic rings. The maximum atomic E-state index is 14.0. The number of rotatable bonds is 6. The van der Waals surface area contributed by atoms with Gasteiger partial charge in [0.1, 0.15) is 5.75 Å². The first kappa shape index (κ1) is 27.9. The van der Waals surface area contributed by atoms with E-state index < -0.39 is 12.0 Å². The number of carbonyl (C=O) groups is 1. The van der Waals surface area contributed by atoms with Crippen LogP contribution < -0.4 is 14.9 Å². The smallest absolute Gasteiger partial charge is 0.338 e. The molecule has 0 bridgehead atoms. The predicted molar refractivity (Wildman–Crippen MR) is 160 cm³/mol. The molecule has 1 N–H and O–H groups in total. The third kappa shape index (κ3) is 5.24. The van der Waals surface area contributed by atoms with Crippen LogP contribution in [0, 0.1) is 0 Å².